The number of rotatable bonds is 5. The first-order valence-electron chi connectivity index (χ1n) is 6.68. The van der Waals surface area contributed by atoms with Crippen LogP contribution in [0.25, 0.3) is 0 Å². The molecule has 1 unspecified atom stereocenters. The van der Waals surface area contributed by atoms with E-state index in [-0.39, 0.29) is 0 Å². The minimum absolute atomic E-state index is 0.820. The summed E-state index contributed by atoms with van der Waals surface area (Å²) in [6.07, 6.45) is 4.57. The summed E-state index contributed by atoms with van der Waals surface area (Å²) >= 11 is 1.60. The molecular weight excluding hydrogens is 244 g/mol. The lowest BCUT2D eigenvalue weighted by Gasteiger charge is -2.18. The van der Waals surface area contributed by atoms with E-state index >= 15 is 0 Å². The summed E-state index contributed by atoms with van der Waals surface area (Å²) in [5.41, 5.74) is 0. The van der Waals surface area contributed by atoms with Gasteiger partial charge in [0, 0.05) is 25.7 Å². The predicted octanol–water partition coefficient (Wildman–Crippen LogP) is 2.87. The van der Waals surface area contributed by atoms with Crippen molar-refractivity contribution in [1.29, 1.82) is 0 Å². The van der Waals surface area contributed by atoms with Gasteiger partial charge in [-0.05, 0) is 25.5 Å². The van der Waals surface area contributed by atoms with Crippen LogP contribution in [-0.4, -0.2) is 35.9 Å². The highest BCUT2D eigenvalue weighted by Crippen LogP contribution is 2.27. The number of aromatic nitrogens is 2. The molecule has 0 spiro atoms. The van der Waals surface area contributed by atoms with Gasteiger partial charge in [-0.3, -0.25) is 0 Å². The normalized spacial score (nSPS) is 19.3. The van der Waals surface area contributed by atoms with E-state index in [1.807, 2.05) is 6.26 Å². The SMILES string of the molecule is CCNc1cc(N2CCC(CC)C2)nc(SC)n1. The molecule has 1 N–H and O–H groups in total. The second-order valence-corrected chi connectivity index (χ2v) is 5.41. The summed E-state index contributed by atoms with van der Waals surface area (Å²) in [6.45, 7) is 7.50. The number of nitrogens with zero attached hydrogens (tertiary/aromatic N) is 3. The third-order valence-corrected chi connectivity index (χ3v) is 3.97. The van der Waals surface area contributed by atoms with E-state index in [0.29, 0.717) is 0 Å². The molecule has 2 rings (SSSR count). The van der Waals surface area contributed by atoms with Gasteiger partial charge in [-0.2, -0.15) is 0 Å². The molecule has 0 aliphatic carbocycles. The van der Waals surface area contributed by atoms with Gasteiger partial charge in [-0.15, -0.1) is 0 Å². The van der Waals surface area contributed by atoms with Crippen LogP contribution in [0.5, 0.6) is 0 Å². The molecule has 1 aromatic rings. The summed E-state index contributed by atoms with van der Waals surface area (Å²) in [5, 5.41) is 4.13. The average Bonchev–Trinajstić information content (AvgIpc) is 2.87. The zero-order valence-corrected chi connectivity index (χ0v) is 12.3. The van der Waals surface area contributed by atoms with Crippen LogP contribution in [0, 0.1) is 5.92 Å². The minimum atomic E-state index is 0.820. The van der Waals surface area contributed by atoms with E-state index in [9.17, 15) is 0 Å². The largest absolute Gasteiger partial charge is 0.370 e. The van der Waals surface area contributed by atoms with E-state index in [0.717, 1.165) is 42.3 Å². The fourth-order valence-corrected chi connectivity index (χ4v) is 2.69. The van der Waals surface area contributed by atoms with E-state index in [1.54, 1.807) is 11.8 Å². The smallest absolute Gasteiger partial charge is 0.191 e. The summed E-state index contributed by atoms with van der Waals surface area (Å²) < 4.78 is 0. The van der Waals surface area contributed by atoms with Crippen molar-refractivity contribution in [3.05, 3.63) is 6.07 Å². The van der Waals surface area contributed by atoms with Crippen molar-refractivity contribution in [2.45, 2.75) is 31.8 Å². The van der Waals surface area contributed by atoms with Crippen molar-refractivity contribution in [3.63, 3.8) is 0 Å². The predicted molar refractivity (Wildman–Crippen MR) is 78.6 cm³/mol. The van der Waals surface area contributed by atoms with Crippen LogP contribution in [0.3, 0.4) is 0 Å². The quantitative estimate of drug-likeness (QED) is 0.655. The van der Waals surface area contributed by atoms with E-state index in [4.69, 9.17) is 0 Å². The third-order valence-electron chi connectivity index (χ3n) is 3.42. The van der Waals surface area contributed by atoms with Crippen LogP contribution in [0.2, 0.25) is 0 Å². The molecule has 2 heterocycles. The Morgan fingerprint density at radius 1 is 1.44 bits per heavy atom. The van der Waals surface area contributed by atoms with Crippen LogP contribution >= 0.6 is 11.8 Å². The Kier molecular flexibility index (Phi) is 4.69. The fraction of sp³-hybridized carbons (Fsp3) is 0.692. The molecule has 1 fully saturated rings. The Morgan fingerprint density at radius 3 is 2.89 bits per heavy atom. The maximum absolute atomic E-state index is 4.62. The molecule has 0 aromatic carbocycles. The van der Waals surface area contributed by atoms with Crippen molar-refractivity contribution < 1.29 is 0 Å². The summed E-state index contributed by atoms with van der Waals surface area (Å²) in [6, 6.07) is 2.07. The van der Waals surface area contributed by atoms with Crippen molar-refractivity contribution >= 4 is 23.4 Å². The molecule has 18 heavy (non-hydrogen) atoms. The van der Waals surface area contributed by atoms with Crippen LogP contribution in [0.4, 0.5) is 11.6 Å². The van der Waals surface area contributed by atoms with Gasteiger partial charge >= 0.3 is 0 Å². The molecule has 5 heteroatoms. The summed E-state index contributed by atoms with van der Waals surface area (Å²) in [5.74, 6) is 2.83. The topological polar surface area (TPSA) is 41.0 Å². The van der Waals surface area contributed by atoms with Gasteiger partial charge in [0.25, 0.3) is 0 Å². The summed E-state index contributed by atoms with van der Waals surface area (Å²) in [7, 11) is 0. The minimum Gasteiger partial charge on any atom is -0.370 e. The maximum Gasteiger partial charge on any atom is 0.191 e. The van der Waals surface area contributed by atoms with Crippen LogP contribution in [0.1, 0.15) is 26.7 Å². The van der Waals surface area contributed by atoms with Crippen molar-refractivity contribution in [2.24, 2.45) is 5.92 Å². The zero-order valence-electron chi connectivity index (χ0n) is 11.4. The number of hydrogen-bond acceptors (Lipinski definition) is 5. The first-order valence-corrected chi connectivity index (χ1v) is 7.91. The van der Waals surface area contributed by atoms with E-state index in [1.165, 1.54) is 12.8 Å². The Bertz CT molecular complexity index is 397. The molecule has 1 aliphatic heterocycles. The number of thioether (sulfide) groups is 1. The average molecular weight is 266 g/mol. The van der Waals surface area contributed by atoms with Gasteiger partial charge in [-0.1, -0.05) is 25.1 Å². The fourth-order valence-electron chi connectivity index (χ4n) is 2.31. The molecule has 1 atom stereocenters. The Morgan fingerprint density at radius 2 is 2.28 bits per heavy atom. The van der Waals surface area contributed by atoms with Crippen LogP contribution < -0.4 is 10.2 Å². The lowest BCUT2D eigenvalue weighted by Crippen LogP contribution is -2.21. The van der Waals surface area contributed by atoms with Gasteiger partial charge in [0.05, 0.1) is 0 Å². The van der Waals surface area contributed by atoms with Gasteiger partial charge in [-0.25, -0.2) is 9.97 Å². The second kappa shape index (κ2) is 6.27. The molecule has 0 bridgehead atoms. The zero-order chi connectivity index (χ0) is 13.0. The summed E-state index contributed by atoms with van der Waals surface area (Å²) in [4.78, 5) is 11.5. The molecule has 1 saturated heterocycles. The lowest BCUT2D eigenvalue weighted by molar-refractivity contribution is 0.568. The first kappa shape index (κ1) is 13.5. The standard InChI is InChI=1S/C13H22N4S/c1-4-10-6-7-17(9-10)12-8-11(14-5-2)15-13(16-12)18-3/h8,10H,4-7,9H2,1-3H3,(H,14,15,16). The molecule has 4 nitrogen and oxygen atoms in total. The van der Waals surface area contributed by atoms with Gasteiger partial charge in [0.15, 0.2) is 5.16 Å². The Hall–Kier alpha value is -0.970. The second-order valence-electron chi connectivity index (χ2n) is 4.64. The van der Waals surface area contributed by atoms with Crippen molar-refractivity contribution in [2.75, 3.05) is 36.1 Å². The van der Waals surface area contributed by atoms with Crippen LogP contribution in [0.15, 0.2) is 11.2 Å². The molecule has 0 amide bonds. The molecule has 100 valence electrons. The lowest BCUT2D eigenvalue weighted by atomic mass is 10.1. The molecule has 1 aliphatic rings. The van der Waals surface area contributed by atoms with Gasteiger partial charge in [0.1, 0.15) is 11.6 Å². The molecular formula is C13H22N4S. The van der Waals surface area contributed by atoms with Crippen LogP contribution in [-0.2, 0) is 0 Å². The van der Waals surface area contributed by atoms with Crippen molar-refractivity contribution in [3.8, 4) is 0 Å². The van der Waals surface area contributed by atoms with E-state index < -0.39 is 0 Å². The monoisotopic (exact) mass is 266 g/mol. The Balaban J connectivity index is 2.18. The number of anilines is 2. The molecule has 0 radical (unpaired) electrons. The highest BCUT2D eigenvalue weighted by molar-refractivity contribution is 7.98. The maximum atomic E-state index is 4.62. The van der Waals surface area contributed by atoms with E-state index in [2.05, 4.69) is 40.1 Å². The number of nitrogens with one attached hydrogen (secondary N) is 1. The Labute approximate surface area is 114 Å². The van der Waals surface area contributed by atoms with Gasteiger partial charge in [0.2, 0.25) is 0 Å². The molecule has 1 aromatic heterocycles. The number of hydrogen-bond donors (Lipinski definition) is 1. The molecule has 0 saturated carbocycles. The highest BCUT2D eigenvalue weighted by atomic mass is 32.2. The highest BCUT2D eigenvalue weighted by Gasteiger charge is 2.22. The van der Waals surface area contributed by atoms with Gasteiger partial charge < -0.3 is 10.2 Å². The third kappa shape index (κ3) is 3.07. The van der Waals surface area contributed by atoms with Crippen molar-refractivity contribution in [1.82, 2.24) is 9.97 Å². The first-order chi connectivity index (χ1) is 8.76.